The highest BCUT2D eigenvalue weighted by Gasteiger charge is 2.11. The largest absolute Gasteiger partial charge is 0.497 e. The van der Waals surface area contributed by atoms with Gasteiger partial charge in [0.05, 0.1) is 27.5 Å². The SMILES string of the molecule is CCN(CC)C(=S)Oc1nc2ccccc2s1.COc1ccc2nc(C#N)sc2c1.NC(O)=S. The second-order valence-corrected chi connectivity index (χ2v) is 9.08. The molecular formula is C22H23N5O3S4. The molecule has 2 heterocycles. The van der Waals surface area contributed by atoms with E-state index >= 15 is 0 Å². The molecule has 8 nitrogen and oxygen atoms in total. The van der Waals surface area contributed by atoms with E-state index in [-0.39, 0.29) is 0 Å². The second kappa shape index (κ2) is 13.6. The second-order valence-electron chi connectivity index (χ2n) is 6.29. The Morgan fingerprint density at radius 2 is 1.74 bits per heavy atom. The third-order valence-electron chi connectivity index (χ3n) is 4.16. The molecule has 0 aliphatic rings. The summed E-state index contributed by atoms with van der Waals surface area (Å²) in [6, 6.07) is 15.6. The molecule has 4 aromatic rings. The van der Waals surface area contributed by atoms with Crippen LogP contribution in [0.1, 0.15) is 18.9 Å². The maximum Gasteiger partial charge on any atom is 0.281 e. The maximum absolute atomic E-state index is 8.63. The first kappa shape index (κ1) is 27.1. The van der Waals surface area contributed by atoms with Crippen molar-refractivity contribution in [1.82, 2.24) is 14.9 Å². The maximum atomic E-state index is 8.63. The summed E-state index contributed by atoms with van der Waals surface area (Å²) >= 11 is 12.0. The van der Waals surface area contributed by atoms with Gasteiger partial charge >= 0.3 is 0 Å². The number of thiazole rings is 2. The minimum Gasteiger partial charge on any atom is -0.497 e. The summed E-state index contributed by atoms with van der Waals surface area (Å²) in [5.41, 5.74) is 6.20. The molecule has 0 saturated heterocycles. The van der Waals surface area contributed by atoms with Gasteiger partial charge in [-0.1, -0.05) is 23.5 Å². The number of nitriles is 1. The quantitative estimate of drug-likeness (QED) is 0.336. The van der Waals surface area contributed by atoms with Gasteiger partial charge in [0, 0.05) is 13.1 Å². The number of benzene rings is 2. The first-order valence-electron chi connectivity index (χ1n) is 9.96. The summed E-state index contributed by atoms with van der Waals surface area (Å²) < 4.78 is 12.8. The molecule has 4 rings (SSSR count). The molecule has 0 saturated carbocycles. The lowest BCUT2D eigenvalue weighted by atomic mass is 10.3. The van der Waals surface area contributed by atoms with Crippen LogP contribution in [-0.4, -0.2) is 50.5 Å². The van der Waals surface area contributed by atoms with Gasteiger partial charge in [0.25, 0.3) is 15.5 Å². The van der Waals surface area contributed by atoms with Crippen LogP contribution in [0, 0.1) is 11.3 Å². The van der Waals surface area contributed by atoms with E-state index in [1.54, 1.807) is 7.11 Å². The minimum absolute atomic E-state index is 0.489. The Morgan fingerprint density at radius 1 is 1.09 bits per heavy atom. The Kier molecular flexibility index (Phi) is 10.8. The van der Waals surface area contributed by atoms with E-state index in [1.807, 2.05) is 53.4 Å². The molecule has 0 radical (unpaired) electrons. The van der Waals surface area contributed by atoms with E-state index < -0.39 is 5.17 Å². The lowest BCUT2D eigenvalue weighted by Gasteiger charge is -2.19. The van der Waals surface area contributed by atoms with Gasteiger partial charge in [0.15, 0.2) is 5.01 Å². The number of ether oxygens (including phenoxy) is 2. The average molecular weight is 534 g/mol. The fourth-order valence-electron chi connectivity index (χ4n) is 2.60. The summed E-state index contributed by atoms with van der Waals surface area (Å²) in [6.07, 6.45) is 0. The van der Waals surface area contributed by atoms with Gasteiger partial charge in [-0.05, 0) is 68.6 Å². The zero-order valence-corrected chi connectivity index (χ0v) is 22.0. The van der Waals surface area contributed by atoms with Gasteiger partial charge in [-0.3, -0.25) is 0 Å². The molecule has 178 valence electrons. The van der Waals surface area contributed by atoms with E-state index in [4.69, 9.17) is 32.1 Å². The Morgan fingerprint density at radius 3 is 2.32 bits per heavy atom. The molecule has 12 heteroatoms. The number of para-hydroxylation sites is 1. The van der Waals surface area contributed by atoms with Crippen LogP contribution in [-0.2, 0) is 0 Å². The Balaban J connectivity index is 0.000000213. The van der Waals surface area contributed by atoms with Crippen molar-refractivity contribution >= 4 is 77.9 Å². The molecule has 0 spiro atoms. The zero-order valence-electron chi connectivity index (χ0n) is 18.7. The number of aliphatic hydroxyl groups is 1. The highest BCUT2D eigenvalue weighted by Crippen LogP contribution is 2.28. The number of aromatic nitrogens is 2. The van der Waals surface area contributed by atoms with E-state index in [0.29, 0.717) is 15.4 Å². The molecule has 0 bridgehead atoms. The van der Waals surface area contributed by atoms with Gasteiger partial charge in [-0.2, -0.15) is 5.26 Å². The molecule has 0 aliphatic heterocycles. The number of hydrogen-bond acceptors (Lipinski definition) is 9. The first-order valence-corrected chi connectivity index (χ1v) is 12.4. The summed E-state index contributed by atoms with van der Waals surface area (Å²) in [6.45, 7) is 5.80. The van der Waals surface area contributed by atoms with Crippen LogP contribution < -0.4 is 15.2 Å². The van der Waals surface area contributed by atoms with E-state index in [0.717, 1.165) is 39.3 Å². The van der Waals surface area contributed by atoms with Gasteiger partial charge in [0.2, 0.25) is 0 Å². The number of nitrogens with two attached hydrogens (primary N) is 1. The smallest absolute Gasteiger partial charge is 0.281 e. The van der Waals surface area contributed by atoms with Crippen LogP contribution >= 0.6 is 47.1 Å². The molecule has 0 fully saturated rings. The number of fused-ring (bicyclic) bond motifs is 2. The molecule has 34 heavy (non-hydrogen) atoms. The van der Waals surface area contributed by atoms with Gasteiger partial charge < -0.3 is 25.2 Å². The lowest BCUT2D eigenvalue weighted by Crippen LogP contribution is -2.32. The summed E-state index contributed by atoms with van der Waals surface area (Å²) in [4.78, 5) is 10.5. The first-order chi connectivity index (χ1) is 16.3. The Bertz CT molecular complexity index is 1260. The molecule has 3 N–H and O–H groups in total. The molecule has 0 unspecified atom stereocenters. The number of nitrogens with zero attached hydrogens (tertiary/aromatic N) is 4. The molecular weight excluding hydrogens is 511 g/mol. The van der Waals surface area contributed by atoms with Crippen LogP contribution in [0.15, 0.2) is 42.5 Å². The van der Waals surface area contributed by atoms with Crippen LogP contribution in [0.25, 0.3) is 20.4 Å². The lowest BCUT2D eigenvalue weighted by molar-refractivity contribution is 0.378. The molecule has 0 atom stereocenters. The van der Waals surface area contributed by atoms with Crippen molar-refractivity contribution in [1.29, 1.82) is 5.26 Å². The summed E-state index contributed by atoms with van der Waals surface area (Å²) in [5.74, 6) is 0.792. The van der Waals surface area contributed by atoms with Gasteiger partial charge in [0.1, 0.15) is 11.8 Å². The highest BCUT2D eigenvalue weighted by molar-refractivity contribution is 7.80. The predicted octanol–water partition coefficient (Wildman–Crippen LogP) is 5.27. The monoisotopic (exact) mass is 533 g/mol. The van der Waals surface area contributed by atoms with Gasteiger partial charge in [-0.25, -0.2) is 9.97 Å². The van der Waals surface area contributed by atoms with Crippen molar-refractivity contribution < 1.29 is 14.6 Å². The van der Waals surface area contributed by atoms with Crippen molar-refractivity contribution in [2.75, 3.05) is 20.2 Å². The van der Waals surface area contributed by atoms with Crippen molar-refractivity contribution in [3.63, 3.8) is 0 Å². The Hall–Kier alpha value is -3.11. The molecule has 0 aliphatic carbocycles. The van der Waals surface area contributed by atoms with Crippen molar-refractivity contribution in [2.24, 2.45) is 5.73 Å². The summed E-state index contributed by atoms with van der Waals surface area (Å²) in [5, 5.41) is 17.3. The van der Waals surface area contributed by atoms with Gasteiger partial charge in [-0.15, -0.1) is 11.3 Å². The minimum atomic E-state index is -0.500. The number of hydrogen-bond donors (Lipinski definition) is 2. The van der Waals surface area contributed by atoms with Crippen LogP contribution in [0.5, 0.6) is 10.9 Å². The number of rotatable bonds is 4. The average Bonchev–Trinajstić information content (AvgIpc) is 3.42. The number of thiocarbonyl (C=S) groups is 2. The fourth-order valence-corrected chi connectivity index (χ4v) is 4.59. The normalized spacial score (nSPS) is 9.71. The van der Waals surface area contributed by atoms with Crippen molar-refractivity contribution in [3.8, 4) is 17.0 Å². The number of aliphatic hydroxyl groups excluding tert-OH is 1. The van der Waals surface area contributed by atoms with E-state index in [2.05, 4.69) is 41.8 Å². The molecule has 2 aromatic carbocycles. The Labute approximate surface area is 216 Å². The number of methoxy groups -OCH3 is 1. The fraction of sp³-hybridized carbons (Fsp3) is 0.227. The van der Waals surface area contributed by atoms with Crippen LogP contribution in [0.2, 0.25) is 0 Å². The van der Waals surface area contributed by atoms with Crippen molar-refractivity contribution in [2.45, 2.75) is 13.8 Å². The standard InChI is InChI=1S/C12H14N2OS2.C9H6N2OS.CH3NOS/c1-3-14(4-2)12(16)15-11-13-9-7-5-6-8-10(9)17-11;1-12-6-2-3-7-8(4-6)13-9(5-10)11-7;2-1(3)4/h5-8H,3-4H2,1-2H3;2-4H,1H3;(H3,2,3,4). The summed E-state index contributed by atoms with van der Waals surface area (Å²) in [7, 11) is 1.62. The molecule has 2 aromatic heterocycles. The third kappa shape index (κ3) is 8.03. The zero-order chi connectivity index (χ0) is 25.1. The van der Waals surface area contributed by atoms with Crippen LogP contribution in [0.4, 0.5) is 0 Å². The topological polar surface area (TPSA) is 118 Å². The highest BCUT2D eigenvalue weighted by atomic mass is 32.1. The predicted molar refractivity (Wildman–Crippen MR) is 146 cm³/mol. The van der Waals surface area contributed by atoms with E-state index in [1.165, 1.54) is 22.7 Å². The van der Waals surface area contributed by atoms with Crippen LogP contribution in [0.3, 0.4) is 0 Å². The molecule has 0 amide bonds. The third-order valence-corrected chi connectivity index (χ3v) is 6.34. The van der Waals surface area contributed by atoms with Crippen molar-refractivity contribution in [3.05, 3.63) is 47.5 Å². The van der Waals surface area contributed by atoms with E-state index in [9.17, 15) is 0 Å².